The van der Waals surface area contributed by atoms with Crippen molar-refractivity contribution in [1.29, 1.82) is 0 Å². The molecule has 5 nitrogen and oxygen atoms in total. The number of hydrogen-bond acceptors (Lipinski definition) is 4. The van der Waals surface area contributed by atoms with Crippen LogP contribution in [0, 0.1) is 0 Å². The summed E-state index contributed by atoms with van der Waals surface area (Å²) < 4.78 is 10.8. The lowest BCUT2D eigenvalue weighted by molar-refractivity contribution is -0.133. The van der Waals surface area contributed by atoms with Crippen LogP contribution in [0.5, 0.6) is 11.5 Å². The van der Waals surface area contributed by atoms with Crippen molar-refractivity contribution in [2.24, 2.45) is 0 Å². The fourth-order valence-corrected chi connectivity index (χ4v) is 3.70. The summed E-state index contributed by atoms with van der Waals surface area (Å²) in [6.07, 6.45) is 2.52. The molecule has 1 saturated heterocycles. The topological polar surface area (TPSA) is 42.0 Å². The maximum atomic E-state index is 12.5. The van der Waals surface area contributed by atoms with Crippen molar-refractivity contribution in [3.63, 3.8) is 0 Å². The lowest BCUT2D eigenvalue weighted by atomic mass is 10.1. The van der Waals surface area contributed by atoms with Crippen LogP contribution in [-0.4, -0.2) is 48.7 Å². The molecule has 0 aromatic heterocycles. The van der Waals surface area contributed by atoms with Gasteiger partial charge in [-0.2, -0.15) is 0 Å². The number of benzene rings is 2. The van der Waals surface area contributed by atoms with E-state index < -0.39 is 0 Å². The van der Waals surface area contributed by atoms with E-state index in [9.17, 15) is 4.79 Å². The average Bonchev–Trinajstić information content (AvgIpc) is 3.17. The summed E-state index contributed by atoms with van der Waals surface area (Å²) in [6, 6.07) is 16.5. The Morgan fingerprint density at radius 3 is 2.48 bits per heavy atom. The summed E-state index contributed by atoms with van der Waals surface area (Å²) in [5.41, 5.74) is 2.53. The fraction of sp³-hybridized carbons (Fsp3) is 0.409. The molecule has 2 aromatic rings. The van der Waals surface area contributed by atoms with Gasteiger partial charge in [-0.3, -0.25) is 9.69 Å². The number of hydrogen-bond donors (Lipinski definition) is 0. The number of rotatable bonds is 6. The van der Waals surface area contributed by atoms with Gasteiger partial charge in [0.1, 0.15) is 0 Å². The minimum Gasteiger partial charge on any atom is -0.454 e. The Morgan fingerprint density at radius 2 is 1.67 bits per heavy atom. The maximum Gasteiger partial charge on any atom is 0.231 e. The molecule has 0 N–H and O–H groups in total. The third-order valence-electron chi connectivity index (χ3n) is 5.27. The number of aryl methyl sites for hydroxylation is 1. The number of fused-ring (bicyclic) bond motifs is 1. The second kappa shape index (κ2) is 8.44. The van der Waals surface area contributed by atoms with Crippen LogP contribution >= 0.6 is 0 Å². The third kappa shape index (κ3) is 4.61. The molecule has 142 valence electrons. The van der Waals surface area contributed by atoms with Gasteiger partial charge in [0.25, 0.3) is 0 Å². The van der Waals surface area contributed by atoms with Gasteiger partial charge in [0.2, 0.25) is 12.7 Å². The summed E-state index contributed by atoms with van der Waals surface area (Å²) in [6.45, 7) is 4.65. The van der Waals surface area contributed by atoms with E-state index in [0.29, 0.717) is 13.2 Å². The summed E-state index contributed by atoms with van der Waals surface area (Å²) in [5, 5.41) is 0. The molecule has 27 heavy (non-hydrogen) atoms. The second-order valence-electron chi connectivity index (χ2n) is 7.18. The zero-order valence-corrected chi connectivity index (χ0v) is 15.6. The van der Waals surface area contributed by atoms with E-state index in [-0.39, 0.29) is 5.91 Å². The molecule has 5 heteroatoms. The average molecular weight is 366 g/mol. The summed E-state index contributed by atoms with van der Waals surface area (Å²) in [4.78, 5) is 16.9. The zero-order valence-electron chi connectivity index (χ0n) is 15.6. The van der Waals surface area contributed by atoms with Gasteiger partial charge in [0.05, 0.1) is 0 Å². The van der Waals surface area contributed by atoms with Crippen molar-refractivity contribution < 1.29 is 14.3 Å². The van der Waals surface area contributed by atoms with Crippen molar-refractivity contribution in [3.05, 3.63) is 59.7 Å². The molecule has 4 rings (SSSR count). The largest absolute Gasteiger partial charge is 0.454 e. The Labute approximate surface area is 160 Å². The SMILES string of the molecule is O=C(CCCc1ccccc1)N1CCN(Cc2ccc3c(c2)OCO3)CC1. The first-order valence-electron chi connectivity index (χ1n) is 9.70. The number of amides is 1. The summed E-state index contributed by atoms with van der Waals surface area (Å²) in [7, 11) is 0. The Morgan fingerprint density at radius 1 is 0.889 bits per heavy atom. The number of ether oxygens (including phenoxy) is 2. The smallest absolute Gasteiger partial charge is 0.231 e. The van der Waals surface area contributed by atoms with Crippen molar-refractivity contribution in [2.75, 3.05) is 33.0 Å². The van der Waals surface area contributed by atoms with E-state index in [1.165, 1.54) is 11.1 Å². The highest BCUT2D eigenvalue weighted by molar-refractivity contribution is 5.76. The first kappa shape index (κ1) is 17.9. The molecule has 0 aliphatic carbocycles. The van der Waals surface area contributed by atoms with E-state index in [2.05, 4.69) is 41.3 Å². The van der Waals surface area contributed by atoms with Crippen LogP contribution in [-0.2, 0) is 17.8 Å². The molecule has 2 aromatic carbocycles. The van der Waals surface area contributed by atoms with Gasteiger partial charge in [0.15, 0.2) is 11.5 Å². The predicted molar refractivity (Wildman–Crippen MR) is 104 cm³/mol. The number of piperazine rings is 1. The van der Waals surface area contributed by atoms with Crippen LogP contribution in [0.15, 0.2) is 48.5 Å². The number of carbonyl (C=O) groups excluding carboxylic acids is 1. The summed E-state index contributed by atoms with van der Waals surface area (Å²) in [5.74, 6) is 1.94. The van der Waals surface area contributed by atoms with Gasteiger partial charge in [-0.25, -0.2) is 0 Å². The van der Waals surface area contributed by atoms with Crippen molar-refractivity contribution >= 4 is 5.91 Å². The Balaban J connectivity index is 1.20. The van der Waals surface area contributed by atoms with Crippen LogP contribution in [0.4, 0.5) is 0 Å². The van der Waals surface area contributed by atoms with Gasteiger partial charge in [-0.1, -0.05) is 36.4 Å². The first-order valence-corrected chi connectivity index (χ1v) is 9.70. The molecule has 2 heterocycles. The Kier molecular flexibility index (Phi) is 5.58. The van der Waals surface area contributed by atoms with Gasteiger partial charge >= 0.3 is 0 Å². The standard InChI is InChI=1S/C22H26N2O3/c25-22(8-4-7-18-5-2-1-3-6-18)24-13-11-23(12-14-24)16-19-9-10-20-21(15-19)27-17-26-20/h1-3,5-6,9-10,15H,4,7-8,11-14,16-17H2. The molecule has 2 aliphatic heterocycles. The monoisotopic (exact) mass is 366 g/mol. The second-order valence-corrected chi connectivity index (χ2v) is 7.18. The van der Waals surface area contributed by atoms with Gasteiger partial charge < -0.3 is 14.4 Å². The van der Waals surface area contributed by atoms with Crippen molar-refractivity contribution in [3.8, 4) is 11.5 Å². The van der Waals surface area contributed by atoms with E-state index >= 15 is 0 Å². The summed E-state index contributed by atoms with van der Waals surface area (Å²) >= 11 is 0. The van der Waals surface area contributed by atoms with E-state index in [4.69, 9.17) is 9.47 Å². The highest BCUT2D eigenvalue weighted by Gasteiger charge is 2.21. The lowest BCUT2D eigenvalue weighted by Gasteiger charge is -2.34. The zero-order chi connectivity index (χ0) is 18.5. The molecular weight excluding hydrogens is 340 g/mol. The molecule has 0 atom stereocenters. The van der Waals surface area contributed by atoms with Crippen molar-refractivity contribution in [1.82, 2.24) is 9.80 Å². The Bertz CT molecular complexity index is 770. The Hall–Kier alpha value is -2.53. The first-order chi connectivity index (χ1) is 13.3. The van der Waals surface area contributed by atoms with Crippen LogP contribution < -0.4 is 9.47 Å². The molecule has 0 bridgehead atoms. The molecule has 0 spiro atoms. The maximum absolute atomic E-state index is 12.5. The van der Waals surface area contributed by atoms with E-state index in [1.54, 1.807) is 0 Å². The molecule has 2 aliphatic rings. The van der Waals surface area contributed by atoms with Crippen LogP contribution in [0.3, 0.4) is 0 Å². The van der Waals surface area contributed by atoms with Crippen LogP contribution in [0.1, 0.15) is 24.0 Å². The highest BCUT2D eigenvalue weighted by atomic mass is 16.7. The van der Waals surface area contributed by atoms with Crippen LogP contribution in [0.25, 0.3) is 0 Å². The molecule has 0 radical (unpaired) electrons. The number of carbonyl (C=O) groups is 1. The van der Waals surface area contributed by atoms with Gasteiger partial charge in [-0.15, -0.1) is 0 Å². The minimum atomic E-state index is 0.286. The fourth-order valence-electron chi connectivity index (χ4n) is 3.70. The lowest BCUT2D eigenvalue weighted by Crippen LogP contribution is -2.48. The van der Waals surface area contributed by atoms with Gasteiger partial charge in [0, 0.05) is 39.1 Å². The molecule has 1 amide bonds. The molecular formula is C22H26N2O3. The number of nitrogens with zero attached hydrogens (tertiary/aromatic N) is 2. The highest BCUT2D eigenvalue weighted by Crippen LogP contribution is 2.32. The molecule has 1 fully saturated rings. The van der Waals surface area contributed by atoms with Crippen LogP contribution in [0.2, 0.25) is 0 Å². The third-order valence-corrected chi connectivity index (χ3v) is 5.27. The minimum absolute atomic E-state index is 0.286. The van der Waals surface area contributed by atoms with Gasteiger partial charge in [-0.05, 0) is 36.1 Å². The normalized spacial score (nSPS) is 16.5. The van der Waals surface area contributed by atoms with E-state index in [0.717, 1.165) is 57.1 Å². The van der Waals surface area contributed by atoms with Crippen molar-refractivity contribution in [2.45, 2.75) is 25.8 Å². The van der Waals surface area contributed by atoms with E-state index in [1.807, 2.05) is 17.0 Å². The quantitative estimate of drug-likeness (QED) is 0.788. The molecule has 0 saturated carbocycles. The molecule has 0 unspecified atom stereocenters. The predicted octanol–water partition coefficient (Wildman–Crippen LogP) is 3.08.